The Balaban J connectivity index is 2.47. The normalized spacial score (nSPS) is 12.1. The fourth-order valence-corrected chi connectivity index (χ4v) is 2.19. The predicted molar refractivity (Wildman–Crippen MR) is 78.8 cm³/mol. The largest absolute Gasteiger partial charge is 0.481 e. The van der Waals surface area contributed by atoms with Gasteiger partial charge >= 0.3 is 5.97 Å². The number of carboxylic acid groups (broad SMARTS) is 1. The predicted octanol–water partition coefficient (Wildman–Crippen LogP) is 2.91. The van der Waals surface area contributed by atoms with Crippen molar-refractivity contribution in [2.45, 2.75) is 13.8 Å². The summed E-state index contributed by atoms with van der Waals surface area (Å²) < 4.78 is 0. The Morgan fingerprint density at radius 2 is 1.80 bits per heavy atom. The molecule has 0 aliphatic rings. The van der Waals surface area contributed by atoms with Crippen molar-refractivity contribution in [3.05, 3.63) is 42.5 Å². The first-order chi connectivity index (χ1) is 9.50. The lowest BCUT2D eigenvalue weighted by Crippen LogP contribution is -2.35. The maximum absolute atomic E-state index is 11.9. The molecule has 1 unspecified atom stereocenters. The number of hydrogen-bond acceptors (Lipinski definition) is 2. The molecule has 4 heteroatoms. The molecule has 104 valence electrons. The minimum absolute atomic E-state index is 0.158. The molecule has 0 saturated carbocycles. The van der Waals surface area contributed by atoms with E-state index in [-0.39, 0.29) is 12.5 Å². The number of carboxylic acids is 1. The first-order valence-corrected chi connectivity index (χ1v) is 6.49. The fraction of sp³-hybridized carbons (Fsp3) is 0.250. The quantitative estimate of drug-likeness (QED) is 0.930. The van der Waals surface area contributed by atoms with Crippen LogP contribution in [0.1, 0.15) is 13.8 Å². The third-order valence-corrected chi connectivity index (χ3v) is 3.32. The Kier molecular flexibility index (Phi) is 4.03. The molecular formula is C16H17NO3. The van der Waals surface area contributed by atoms with Crippen LogP contribution < -0.4 is 4.90 Å². The molecule has 4 nitrogen and oxygen atoms in total. The summed E-state index contributed by atoms with van der Waals surface area (Å²) in [6, 6.07) is 13.4. The highest BCUT2D eigenvalue weighted by atomic mass is 16.4. The van der Waals surface area contributed by atoms with Crippen LogP contribution in [-0.2, 0) is 9.59 Å². The summed E-state index contributed by atoms with van der Waals surface area (Å²) in [6.45, 7) is 3.22. The van der Waals surface area contributed by atoms with E-state index in [0.29, 0.717) is 0 Å². The summed E-state index contributed by atoms with van der Waals surface area (Å²) in [5.74, 6) is -1.68. The topological polar surface area (TPSA) is 57.6 Å². The van der Waals surface area contributed by atoms with Crippen molar-refractivity contribution in [3.63, 3.8) is 0 Å². The lowest BCUT2D eigenvalue weighted by atomic mass is 10.1. The van der Waals surface area contributed by atoms with Gasteiger partial charge in [-0.2, -0.15) is 0 Å². The molecule has 0 saturated heterocycles. The van der Waals surface area contributed by atoms with Crippen molar-refractivity contribution in [3.8, 4) is 0 Å². The van der Waals surface area contributed by atoms with Crippen LogP contribution in [0, 0.1) is 5.92 Å². The second-order valence-corrected chi connectivity index (χ2v) is 4.87. The Labute approximate surface area is 117 Å². The van der Waals surface area contributed by atoms with Crippen molar-refractivity contribution < 1.29 is 14.7 Å². The first kappa shape index (κ1) is 14.1. The number of nitrogens with zero attached hydrogens (tertiary/aromatic N) is 1. The molecule has 0 aliphatic carbocycles. The summed E-state index contributed by atoms with van der Waals surface area (Å²) >= 11 is 0. The number of rotatable bonds is 4. The Morgan fingerprint density at radius 3 is 2.45 bits per heavy atom. The number of amides is 1. The van der Waals surface area contributed by atoms with Crippen LogP contribution >= 0.6 is 0 Å². The van der Waals surface area contributed by atoms with Gasteiger partial charge < -0.3 is 10.0 Å². The van der Waals surface area contributed by atoms with Gasteiger partial charge in [-0.3, -0.25) is 9.59 Å². The van der Waals surface area contributed by atoms with Gasteiger partial charge in [-0.15, -0.1) is 0 Å². The van der Waals surface area contributed by atoms with Crippen LogP contribution in [0.3, 0.4) is 0 Å². The second-order valence-electron chi connectivity index (χ2n) is 4.87. The molecule has 0 heterocycles. The second kappa shape index (κ2) is 5.74. The van der Waals surface area contributed by atoms with Gasteiger partial charge in [0.2, 0.25) is 5.91 Å². The minimum Gasteiger partial charge on any atom is -0.481 e. The molecule has 2 aromatic carbocycles. The van der Waals surface area contributed by atoms with Gasteiger partial charge in [-0.1, -0.05) is 43.3 Å². The molecule has 0 bridgehead atoms. The standard InChI is InChI=1S/C16H17NO3/c1-11(16(19)20)10-17(12(2)18)15-9-5-7-13-6-3-4-8-14(13)15/h3-9,11H,10H2,1-2H3,(H,19,20). The van der Waals surface area contributed by atoms with Gasteiger partial charge in [0, 0.05) is 18.9 Å². The molecule has 0 aromatic heterocycles. The summed E-state index contributed by atoms with van der Waals surface area (Å²) in [5.41, 5.74) is 0.753. The Bertz CT molecular complexity index is 646. The molecule has 0 fully saturated rings. The third-order valence-electron chi connectivity index (χ3n) is 3.32. The molecule has 2 rings (SSSR count). The monoisotopic (exact) mass is 271 g/mol. The molecule has 0 radical (unpaired) electrons. The van der Waals surface area contributed by atoms with E-state index in [1.807, 2.05) is 42.5 Å². The van der Waals surface area contributed by atoms with Crippen molar-refractivity contribution in [1.82, 2.24) is 0 Å². The molecule has 1 amide bonds. The van der Waals surface area contributed by atoms with E-state index in [1.165, 1.54) is 11.8 Å². The average Bonchev–Trinajstić information content (AvgIpc) is 2.43. The number of anilines is 1. The number of fused-ring (bicyclic) bond motifs is 1. The van der Waals surface area contributed by atoms with Crippen molar-refractivity contribution in [2.24, 2.45) is 5.92 Å². The molecular weight excluding hydrogens is 254 g/mol. The van der Waals surface area contributed by atoms with Gasteiger partial charge in [0.05, 0.1) is 11.6 Å². The van der Waals surface area contributed by atoms with E-state index in [2.05, 4.69) is 0 Å². The lowest BCUT2D eigenvalue weighted by molar-refractivity contribution is -0.140. The highest BCUT2D eigenvalue weighted by molar-refractivity contribution is 6.03. The van der Waals surface area contributed by atoms with Crippen LogP contribution in [0.25, 0.3) is 10.8 Å². The summed E-state index contributed by atoms with van der Waals surface area (Å²) in [4.78, 5) is 24.4. The van der Waals surface area contributed by atoms with E-state index in [4.69, 9.17) is 5.11 Å². The third kappa shape index (κ3) is 2.79. The Morgan fingerprint density at radius 1 is 1.15 bits per heavy atom. The molecule has 1 atom stereocenters. The highest BCUT2D eigenvalue weighted by Crippen LogP contribution is 2.27. The van der Waals surface area contributed by atoms with E-state index < -0.39 is 11.9 Å². The van der Waals surface area contributed by atoms with E-state index >= 15 is 0 Å². The summed E-state index contributed by atoms with van der Waals surface area (Å²) in [6.07, 6.45) is 0. The van der Waals surface area contributed by atoms with Gasteiger partial charge in [-0.25, -0.2) is 0 Å². The summed E-state index contributed by atoms with van der Waals surface area (Å²) in [7, 11) is 0. The maximum Gasteiger partial charge on any atom is 0.308 e. The van der Waals surface area contributed by atoms with Crippen LogP contribution in [0.15, 0.2) is 42.5 Å². The van der Waals surface area contributed by atoms with Crippen molar-refractivity contribution in [2.75, 3.05) is 11.4 Å². The molecule has 20 heavy (non-hydrogen) atoms. The number of benzene rings is 2. The zero-order valence-corrected chi connectivity index (χ0v) is 11.5. The highest BCUT2D eigenvalue weighted by Gasteiger charge is 2.20. The van der Waals surface area contributed by atoms with Crippen LogP contribution in [-0.4, -0.2) is 23.5 Å². The van der Waals surface area contributed by atoms with Gasteiger partial charge in [0.15, 0.2) is 0 Å². The smallest absolute Gasteiger partial charge is 0.308 e. The Hall–Kier alpha value is -2.36. The SMILES string of the molecule is CC(=O)N(CC(C)C(=O)O)c1cccc2ccccc12. The molecule has 0 aliphatic heterocycles. The number of carbonyl (C=O) groups excluding carboxylic acids is 1. The van der Waals surface area contributed by atoms with Crippen LogP contribution in [0.5, 0.6) is 0 Å². The van der Waals surface area contributed by atoms with Crippen LogP contribution in [0.4, 0.5) is 5.69 Å². The number of carbonyl (C=O) groups is 2. The fourth-order valence-electron chi connectivity index (χ4n) is 2.19. The number of aliphatic carboxylic acids is 1. The van der Waals surface area contributed by atoms with Crippen molar-refractivity contribution in [1.29, 1.82) is 0 Å². The molecule has 1 N–H and O–H groups in total. The van der Waals surface area contributed by atoms with E-state index in [0.717, 1.165) is 16.5 Å². The average molecular weight is 271 g/mol. The minimum atomic E-state index is -0.906. The van der Waals surface area contributed by atoms with E-state index in [1.54, 1.807) is 6.92 Å². The zero-order valence-electron chi connectivity index (χ0n) is 11.5. The molecule has 2 aromatic rings. The number of hydrogen-bond donors (Lipinski definition) is 1. The summed E-state index contributed by atoms with van der Waals surface area (Å²) in [5, 5.41) is 11.0. The van der Waals surface area contributed by atoms with Crippen molar-refractivity contribution >= 4 is 28.3 Å². The first-order valence-electron chi connectivity index (χ1n) is 6.49. The zero-order chi connectivity index (χ0) is 14.7. The lowest BCUT2D eigenvalue weighted by Gasteiger charge is -2.24. The van der Waals surface area contributed by atoms with Gasteiger partial charge in [0.1, 0.15) is 0 Å². The maximum atomic E-state index is 11.9. The van der Waals surface area contributed by atoms with Crippen LogP contribution in [0.2, 0.25) is 0 Å². The van der Waals surface area contributed by atoms with Gasteiger partial charge in [-0.05, 0) is 11.5 Å². The van der Waals surface area contributed by atoms with Gasteiger partial charge in [0.25, 0.3) is 0 Å². The molecule has 0 spiro atoms. The van der Waals surface area contributed by atoms with E-state index in [9.17, 15) is 9.59 Å².